The van der Waals surface area contributed by atoms with E-state index in [2.05, 4.69) is 15.5 Å². The molecule has 0 aromatic rings. The van der Waals surface area contributed by atoms with E-state index in [9.17, 15) is 4.79 Å². The van der Waals surface area contributed by atoms with Crippen LogP contribution in [-0.4, -0.2) is 61.3 Å². The molecular formula is C11H23N3O2. The van der Waals surface area contributed by atoms with E-state index < -0.39 is 0 Å². The van der Waals surface area contributed by atoms with E-state index in [4.69, 9.17) is 5.11 Å². The van der Waals surface area contributed by atoms with E-state index >= 15 is 0 Å². The molecular weight excluding hydrogens is 206 g/mol. The first-order chi connectivity index (χ1) is 7.72. The smallest absolute Gasteiger partial charge is 0.216 e. The molecule has 5 heteroatoms. The average Bonchev–Trinajstić information content (AvgIpc) is 2.70. The summed E-state index contributed by atoms with van der Waals surface area (Å²) in [5, 5.41) is 15.2. The fraction of sp³-hybridized carbons (Fsp3) is 0.909. The number of nitrogens with one attached hydrogen (secondary N) is 2. The molecule has 0 aromatic carbocycles. The number of rotatable bonds is 7. The number of aliphatic hydroxyl groups excluding tert-OH is 1. The Labute approximate surface area is 97.2 Å². The number of hydrogen-bond acceptors (Lipinski definition) is 4. The van der Waals surface area contributed by atoms with Crippen molar-refractivity contribution in [2.45, 2.75) is 25.8 Å². The Morgan fingerprint density at radius 3 is 2.94 bits per heavy atom. The highest BCUT2D eigenvalue weighted by molar-refractivity contribution is 5.72. The zero-order chi connectivity index (χ0) is 11.8. The molecule has 1 unspecified atom stereocenters. The third kappa shape index (κ3) is 5.44. The zero-order valence-corrected chi connectivity index (χ0v) is 10.0. The van der Waals surface area contributed by atoms with Crippen LogP contribution >= 0.6 is 0 Å². The predicted molar refractivity (Wildman–Crippen MR) is 63.2 cm³/mol. The molecule has 0 radical (unpaired) electrons. The average molecular weight is 229 g/mol. The van der Waals surface area contributed by atoms with Gasteiger partial charge in [0.2, 0.25) is 5.91 Å². The number of nitrogens with zero attached hydrogens (tertiary/aromatic N) is 1. The maximum Gasteiger partial charge on any atom is 0.216 e. The topological polar surface area (TPSA) is 64.6 Å². The van der Waals surface area contributed by atoms with Gasteiger partial charge in [0.15, 0.2) is 0 Å². The van der Waals surface area contributed by atoms with Crippen LogP contribution in [0.5, 0.6) is 0 Å². The maximum absolute atomic E-state index is 10.7. The van der Waals surface area contributed by atoms with Gasteiger partial charge in [0.05, 0.1) is 6.61 Å². The van der Waals surface area contributed by atoms with Gasteiger partial charge in [0.25, 0.3) is 0 Å². The SMILES string of the molecule is CC(=O)NCCN(CCO)CC1CCCN1. The predicted octanol–water partition coefficient (Wildman–Crippen LogP) is -0.831. The Morgan fingerprint density at radius 1 is 1.56 bits per heavy atom. The molecule has 94 valence electrons. The number of aliphatic hydroxyl groups is 1. The Hall–Kier alpha value is -0.650. The van der Waals surface area contributed by atoms with Crippen molar-refractivity contribution in [3.05, 3.63) is 0 Å². The Kier molecular flexibility index (Phi) is 6.37. The largest absolute Gasteiger partial charge is 0.395 e. The van der Waals surface area contributed by atoms with Crippen LogP contribution in [0.2, 0.25) is 0 Å². The Bertz CT molecular complexity index is 205. The maximum atomic E-state index is 10.7. The molecule has 1 aliphatic rings. The molecule has 1 heterocycles. The second-order valence-electron chi connectivity index (χ2n) is 4.30. The standard InChI is InChI=1S/C11H23N3O2/c1-10(16)12-5-6-14(7-8-15)9-11-3-2-4-13-11/h11,13,15H,2-9H2,1H3,(H,12,16). The number of carbonyl (C=O) groups excluding carboxylic acids is 1. The van der Waals surface area contributed by atoms with Gasteiger partial charge in [-0.25, -0.2) is 0 Å². The summed E-state index contributed by atoms with van der Waals surface area (Å²) in [5.41, 5.74) is 0. The lowest BCUT2D eigenvalue weighted by atomic mass is 10.2. The fourth-order valence-corrected chi connectivity index (χ4v) is 2.05. The van der Waals surface area contributed by atoms with Gasteiger partial charge in [-0.05, 0) is 19.4 Å². The highest BCUT2D eigenvalue weighted by atomic mass is 16.3. The Morgan fingerprint density at radius 2 is 2.38 bits per heavy atom. The molecule has 5 nitrogen and oxygen atoms in total. The molecule has 1 saturated heterocycles. The quantitative estimate of drug-likeness (QED) is 0.533. The van der Waals surface area contributed by atoms with Crippen molar-refractivity contribution in [3.8, 4) is 0 Å². The summed E-state index contributed by atoms with van der Waals surface area (Å²) in [6.07, 6.45) is 2.45. The van der Waals surface area contributed by atoms with Crippen LogP contribution in [0.4, 0.5) is 0 Å². The van der Waals surface area contributed by atoms with E-state index in [-0.39, 0.29) is 12.5 Å². The van der Waals surface area contributed by atoms with Gasteiger partial charge in [-0.2, -0.15) is 0 Å². The second-order valence-corrected chi connectivity index (χ2v) is 4.30. The molecule has 1 atom stereocenters. The third-order valence-corrected chi connectivity index (χ3v) is 2.86. The molecule has 16 heavy (non-hydrogen) atoms. The first kappa shape index (κ1) is 13.4. The zero-order valence-electron chi connectivity index (χ0n) is 10.0. The molecule has 0 bridgehead atoms. The van der Waals surface area contributed by atoms with E-state index in [1.807, 2.05) is 0 Å². The minimum atomic E-state index is 0.00272. The molecule has 1 fully saturated rings. The number of hydrogen-bond donors (Lipinski definition) is 3. The van der Waals surface area contributed by atoms with Crippen molar-refractivity contribution in [3.63, 3.8) is 0 Å². The summed E-state index contributed by atoms with van der Waals surface area (Å²) in [5.74, 6) is 0.00272. The molecule has 3 N–H and O–H groups in total. The highest BCUT2D eigenvalue weighted by Crippen LogP contribution is 2.06. The minimum absolute atomic E-state index is 0.00272. The van der Waals surface area contributed by atoms with Crippen molar-refractivity contribution in [2.75, 3.05) is 39.3 Å². The van der Waals surface area contributed by atoms with E-state index in [1.165, 1.54) is 19.8 Å². The van der Waals surface area contributed by atoms with Gasteiger partial charge in [-0.1, -0.05) is 0 Å². The lowest BCUT2D eigenvalue weighted by molar-refractivity contribution is -0.119. The molecule has 0 aromatic heterocycles. The molecule has 1 amide bonds. The fourth-order valence-electron chi connectivity index (χ4n) is 2.05. The summed E-state index contributed by atoms with van der Waals surface area (Å²) in [7, 11) is 0. The van der Waals surface area contributed by atoms with Crippen molar-refractivity contribution in [2.24, 2.45) is 0 Å². The van der Waals surface area contributed by atoms with Crippen molar-refractivity contribution in [1.82, 2.24) is 15.5 Å². The monoisotopic (exact) mass is 229 g/mol. The minimum Gasteiger partial charge on any atom is -0.395 e. The van der Waals surface area contributed by atoms with Crippen LogP contribution in [0.1, 0.15) is 19.8 Å². The highest BCUT2D eigenvalue weighted by Gasteiger charge is 2.17. The number of amides is 1. The summed E-state index contributed by atoms with van der Waals surface area (Å²) < 4.78 is 0. The van der Waals surface area contributed by atoms with Gasteiger partial charge in [0.1, 0.15) is 0 Å². The Balaban J connectivity index is 2.20. The molecule has 0 spiro atoms. The lowest BCUT2D eigenvalue weighted by Gasteiger charge is -2.24. The van der Waals surface area contributed by atoms with Gasteiger partial charge < -0.3 is 15.7 Å². The lowest BCUT2D eigenvalue weighted by Crippen LogP contribution is -2.42. The van der Waals surface area contributed by atoms with Gasteiger partial charge in [-0.15, -0.1) is 0 Å². The third-order valence-electron chi connectivity index (χ3n) is 2.86. The van der Waals surface area contributed by atoms with Crippen LogP contribution in [0.25, 0.3) is 0 Å². The van der Waals surface area contributed by atoms with Crippen molar-refractivity contribution >= 4 is 5.91 Å². The van der Waals surface area contributed by atoms with E-state index in [0.717, 1.165) is 19.6 Å². The normalized spacial score (nSPS) is 20.3. The first-order valence-corrected chi connectivity index (χ1v) is 6.03. The summed E-state index contributed by atoms with van der Waals surface area (Å²) in [6.45, 7) is 5.89. The summed E-state index contributed by atoms with van der Waals surface area (Å²) >= 11 is 0. The number of carbonyl (C=O) groups is 1. The molecule has 1 rings (SSSR count). The van der Waals surface area contributed by atoms with Crippen LogP contribution in [0.15, 0.2) is 0 Å². The van der Waals surface area contributed by atoms with Crippen LogP contribution in [-0.2, 0) is 4.79 Å². The molecule has 1 aliphatic heterocycles. The first-order valence-electron chi connectivity index (χ1n) is 6.03. The molecule has 0 saturated carbocycles. The second kappa shape index (κ2) is 7.60. The van der Waals surface area contributed by atoms with Crippen molar-refractivity contribution < 1.29 is 9.90 Å². The van der Waals surface area contributed by atoms with Gasteiger partial charge in [0, 0.05) is 39.1 Å². The van der Waals surface area contributed by atoms with Gasteiger partial charge >= 0.3 is 0 Å². The van der Waals surface area contributed by atoms with Crippen LogP contribution in [0.3, 0.4) is 0 Å². The van der Waals surface area contributed by atoms with Crippen LogP contribution < -0.4 is 10.6 Å². The molecule has 0 aliphatic carbocycles. The van der Waals surface area contributed by atoms with Gasteiger partial charge in [-0.3, -0.25) is 9.69 Å². The van der Waals surface area contributed by atoms with E-state index in [0.29, 0.717) is 19.1 Å². The van der Waals surface area contributed by atoms with Crippen molar-refractivity contribution in [1.29, 1.82) is 0 Å². The van der Waals surface area contributed by atoms with Crippen LogP contribution in [0, 0.1) is 0 Å². The van der Waals surface area contributed by atoms with E-state index in [1.54, 1.807) is 0 Å². The summed E-state index contributed by atoms with van der Waals surface area (Å²) in [4.78, 5) is 12.9. The summed E-state index contributed by atoms with van der Waals surface area (Å²) in [6, 6.07) is 0.545.